The molecular weight excluding hydrogens is 322 g/mol. The van der Waals surface area contributed by atoms with E-state index in [-0.39, 0.29) is 5.56 Å². The largest absolute Gasteiger partial charge is 0.477 e. The number of rotatable bonds is 3. The smallest absolute Gasteiger partial charge is 0.341 e. The van der Waals surface area contributed by atoms with Crippen LogP contribution in [0.3, 0.4) is 0 Å². The number of aryl methyl sites for hydroxylation is 1. The van der Waals surface area contributed by atoms with Gasteiger partial charge in [-0.15, -0.1) is 0 Å². The molecule has 0 unspecified atom stereocenters. The fraction of sp³-hybridized carbons (Fsp3) is 0.0667. The highest BCUT2D eigenvalue weighted by molar-refractivity contribution is 9.10. The van der Waals surface area contributed by atoms with E-state index in [1.807, 2.05) is 24.3 Å². The van der Waals surface area contributed by atoms with Crippen LogP contribution in [0.25, 0.3) is 12.2 Å². The van der Waals surface area contributed by atoms with Crippen LogP contribution >= 0.6 is 15.9 Å². The Morgan fingerprint density at radius 2 is 2.05 bits per heavy atom. The maximum absolute atomic E-state index is 11.7. The van der Waals surface area contributed by atoms with E-state index in [2.05, 4.69) is 20.9 Å². The highest BCUT2D eigenvalue weighted by Gasteiger charge is 2.13. The number of aromatic amines is 1. The second kappa shape index (κ2) is 5.88. The van der Waals surface area contributed by atoms with Crippen LogP contribution in [0.4, 0.5) is 0 Å². The first-order valence-electron chi connectivity index (χ1n) is 5.88. The molecular formula is C15H12BrNO3. The Balaban J connectivity index is 2.48. The van der Waals surface area contributed by atoms with Gasteiger partial charge in [0, 0.05) is 16.2 Å². The van der Waals surface area contributed by atoms with Gasteiger partial charge in [-0.2, -0.15) is 0 Å². The predicted octanol–water partition coefficient (Wildman–Crippen LogP) is 3.31. The van der Waals surface area contributed by atoms with E-state index < -0.39 is 11.4 Å². The van der Waals surface area contributed by atoms with Crippen molar-refractivity contribution < 1.29 is 9.90 Å². The Morgan fingerprint density at radius 3 is 2.70 bits per heavy atom. The van der Waals surface area contributed by atoms with Gasteiger partial charge in [0.05, 0.1) is 5.69 Å². The van der Waals surface area contributed by atoms with Gasteiger partial charge in [0.2, 0.25) is 0 Å². The summed E-state index contributed by atoms with van der Waals surface area (Å²) in [6.07, 6.45) is 3.35. The minimum absolute atomic E-state index is 0.248. The van der Waals surface area contributed by atoms with Crippen LogP contribution in [-0.4, -0.2) is 16.1 Å². The Kier molecular flexibility index (Phi) is 4.20. The molecule has 0 bridgehead atoms. The van der Waals surface area contributed by atoms with Gasteiger partial charge < -0.3 is 10.1 Å². The summed E-state index contributed by atoms with van der Waals surface area (Å²) in [4.78, 5) is 25.8. The Hall–Kier alpha value is -2.14. The standard InChI is InChI=1S/C15H12BrNO3/c1-9-7-13(18)14(15(19)20)12(17-9)6-5-10-3-2-4-11(16)8-10/h2-8H,1H3,(H,17,18)(H,19,20). The molecule has 2 aromatic rings. The Morgan fingerprint density at radius 1 is 1.30 bits per heavy atom. The average Bonchev–Trinajstić information content (AvgIpc) is 2.35. The first kappa shape index (κ1) is 14.3. The van der Waals surface area contributed by atoms with Crippen molar-refractivity contribution in [1.29, 1.82) is 0 Å². The summed E-state index contributed by atoms with van der Waals surface area (Å²) in [5.74, 6) is -1.24. The van der Waals surface area contributed by atoms with Gasteiger partial charge in [-0.1, -0.05) is 34.1 Å². The number of H-pyrrole nitrogens is 1. The van der Waals surface area contributed by atoms with Gasteiger partial charge in [0.25, 0.3) is 0 Å². The molecule has 5 heteroatoms. The SMILES string of the molecule is Cc1cc(=O)c(C(=O)O)c(C=Cc2cccc(Br)c2)[nH]1. The normalized spacial score (nSPS) is 10.9. The number of pyridine rings is 1. The van der Waals surface area contributed by atoms with Crippen molar-refractivity contribution in [2.24, 2.45) is 0 Å². The molecule has 0 aliphatic rings. The van der Waals surface area contributed by atoms with Crippen LogP contribution < -0.4 is 5.43 Å². The Labute approximate surface area is 123 Å². The number of benzene rings is 1. The molecule has 102 valence electrons. The first-order chi connectivity index (χ1) is 9.47. The lowest BCUT2D eigenvalue weighted by Crippen LogP contribution is -2.17. The number of carboxylic acids is 1. The van der Waals surface area contributed by atoms with Crippen LogP contribution in [-0.2, 0) is 0 Å². The van der Waals surface area contributed by atoms with Crippen LogP contribution in [0.1, 0.15) is 27.3 Å². The van der Waals surface area contributed by atoms with Crippen molar-refractivity contribution in [1.82, 2.24) is 4.98 Å². The van der Waals surface area contributed by atoms with E-state index in [1.165, 1.54) is 6.07 Å². The quantitative estimate of drug-likeness (QED) is 0.905. The predicted molar refractivity (Wildman–Crippen MR) is 81.8 cm³/mol. The number of carbonyl (C=O) groups is 1. The van der Waals surface area contributed by atoms with E-state index in [1.54, 1.807) is 19.1 Å². The van der Waals surface area contributed by atoms with Gasteiger partial charge in [0.15, 0.2) is 5.43 Å². The average molecular weight is 334 g/mol. The second-order valence-electron chi connectivity index (χ2n) is 4.30. The molecule has 0 aliphatic carbocycles. The van der Waals surface area contributed by atoms with E-state index in [0.717, 1.165) is 10.0 Å². The maximum Gasteiger partial charge on any atom is 0.341 e. The molecule has 2 rings (SSSR count). The van der Waals surface area contributed by atoms with Crippen molar-refractivity contribution in [3.05, 3.63) is 67.5 Å². The molecule has 2 N–H and O–H groups in total. The number of hydrogen-bond acceptors (Lipinski definition) is 2. The third-order valence-electron chi connectivity index (χ3n) is 2.70. The summed E-state index contributed by atoms with van der Waals surface area (Å²) in [5.41, 5.74) is 1.07. The van der Waals surface area contributed by atoms with E-state index in [9.17, 15) is 9.59 Å². The molecule has 1 aromatic heterocycles. The van der Waals surface area contributed by atoms with Crippen molar-refractivity contribution in [2.75, 3.05) is 0 Å². The first-order valence-corrected chi connectivity index (χ1v) is 6.67. The molecule has 0 saturated carbocycles. The molecule has 0 atom stereocenters. The number of carboxylic acid groups (broad SMARTS) is 1. The van der Waals surface area contributed by atoms with Crippen molar-refractivity contribution in [2.45, 2.75) is 6.92 Å². The summed E-state index contributed by atoms with van der Waals surface area (Å²) in [6, 6.07) is 8.83. The number of aromatic carboxylic acids is 1. The highest BCUT2D eigenvalue weighted by Crippen LogP contribution is 2.14. The fourth-order valence-corrected chi connectivity index (χ4v) is 2.26. The molecule has 0 amide bonds. The van der Waals surface area contributed by atoms with Crippen LogP contribution in [0.5, 0.6) is 0 Å². The Bertz CT molecular complexity index is 747. The molecule has 0 radical (unpaired) electrons. The summed E-state index contributed by atoms with van der Waals surface area (Å²) in [6.45, 7) is 1.71. The molecule has 0 saturated heterocycles. The summed E-state index contributed by atoms with van der Waals surface area (Å²) in [7, 11) is 0. The molecule has 0 aliphatic heterocycles. The van der Waals surface area contributed by atoms with Crippen molar-refractivity contribution in [3.8, 4) is 0 Å². The molecule has 20 heavy (non-hydrogen) atoms. The maximum atomic E-state index is 11.7. The molecule has 0 spiro atoms. The van der Waals surface area contributed by atoms with Crippen molar-refractivity contribution >= 4 is 34.1 Å². The molecule has 4 nitrogen and oxygen atoms in total. The number of aromatic nitrogens is 1. The molecule has 1 aromatic carbocycles. The van der Waals surface area contributed by atoms with Gasteiger partial charge >= 0.3 is 5.97 Å². The lowest BCUT2D eigenvalue weighted by Gasteiger charge is -2.03. The van der Waals surface area contributed by atoms with E-state index in [4.69, 9.17) is 5.11 Å². The van der Waals surface area contributed by atoms with Crippen LogP contribution in [0.2, 0.25) is 0 Å². The second-order valence-corrected chi connectivity index (χ2v) is 5.21. The van der Waals surface area contributed by atoms with Gasteiger partial charge in [0.1, 0.15) is 5.56 Å². The van der Waals surface area contributed by atoms with Crippen LogP contribution in [0, 0.1) is 6.92 Å². The summed E-state index contributed by atoms with van der Waals surface area (Å²) in [5, 5.41) is 9.12. The zero-order valence-corrected chi connectivity index (χ0v) is 12.3. The zero-order chi connectivity index (χ0) is 14.7. The zero-order valence-electron chi connectivity index (χ0n) is 10.7. The minimum atomic E-state index is -1.24. The monoisotopic (exact) mass is 333 g/mol. The number of nitrogens with one attached hydrogen (secondary N) is 1. The lowest BCUT2D eigenvalue weighted by atomic mass is 10.1. The lowest BCUT2D eigenvalue weighted by molar-refractivity contribution is 0.0695. The topological polar surface area (TPSA) is 70.2 Å². The fourth-order valence-electron chi connectivity index (χ4n) is 1.85. The van der Waals surface area contributed by atoms with Crippen LogP contribution in [0.15, 0.2) is 39.6 Å². The minimum Gasteiger partial charge on any atom is -0.477 e. The van der Waals surface area contributed by atoms with E-state index in [0.29, 0.717) is 11.4 Å². The highest BCUT2D eigenvalue weighted by atomic mass is 79.9. The molecule has 0 fully saturated rings. The van der Waals surface area contributed by atoms with Gasteiger partial charge in [-0.3, -0.25) is 4.79 Å². The third-order valence-corrected chi connectivity index (χ3v) is 3.19. The summed E-state index contributed by atoms with van der Waals surface area (Å²) >= 11 is 3.36. The molecule has 1 heterocycles. The number of halogens is 1. The van der Waals surface area contributed by atoms with Gasteiger partial charge in [-0.25, -0.2) is 4.79 Å². The van der Waals surface area contributed by atoms with E-state index >= 15 is 0 Å². The number of hydrogen-bond donors (Lipinski definition) is 2. The van der Waals surface area contributed by atoms with Crippen molar-refractivity contribution in [3.63, 3.8) is 0 Å². The summed E-state index contributed by atoms with van der Waals surface area (Å²) < 4.78 is 0.927. The third kappa shape index (κ3) is 3.24. The van der Waals surface area contributed by atoms with Gasteiger partial charge in [-0.05, 0) is 30.7 Å².